The molecule has 0 aliphatic heterocycles. The lowest BCUT2D eigenvalue weighted by Gasteiger charge is -2.21. The third-order valence-corrected chi connectivity index (χ3v) is 10.5. The fourth-order valence-electron chi connectivity index (χ4n) is 7.99. The molecular weight excluding hydrogens is 615 g/mol. The number of benzene rings is 6. The molecule has 0 saturated heterocycles. The van der Waals surface area contributed by atoms with E-state index in [4.69, 9.17) is 19.4 Å². The summed E-state index contributed by atoms with van der Waals surface area (Å²) in [5.74, 6) is 1.86. The van der Waals surface area contributed by atoms with E-state index in [1.807, 2.05) is 60.7 Å². The Hall–Kier alpha value is -6.62. The molecule has 234 valence electrons. The largest absolute Gasteiger partial charge is 0.443 e. The minimum absolute atomic E-state index is 0.183. The lowest BCUT2D eigenvalue weighted by atomic mass is 9.81. The first kappa shape index (κ1) is 27.3. The highest BCUT2D eigenvalue weighted by Gasteiger charge is 2.38. The second-order valence-electron chi connectivity index (χ2n) is 13.6. The smallest absolute Gasteiger partial charge is 0.238 e. The van der Waals surface area contributed by atoms with Gasteiger partial charge in [-0.15, -0.1) is 0 Å². The van der Waals surface area contributed by atoms with E-state index in [9.17, 15) is 0 Å². The van der Waals surface area contributed by atoms with Crippen molar-refractivity contribution in [3.8, 4) is 51.0 Å². The Balaban J connectivity index is 1.13. The lowest BCUT2D eigenvalue weighted by molar-refractivity contribution is 0.601. The van der Waals surface area contributed by atoms with Gasteiger partial charge in [0.25, 0.3) is 0 Å². The first-order valence-electron chi connectivity index (χ1n) is 16.8. The van der Waals surface area contributed by atoms with Crippen LogP contribution in [-0.4, -0.2) is 24.5 Å². The van der Waals surface area contributed by atoms with Gasteiger partial charge in [0.1, 0.15) is 5.52 Å². The molecule has 6 heteroatoms. The standard InChI is InChI=1S/C44H27N5O/c1-44(2)34-19-20-36-40(50-24-45-36)38(34)29-18-17-27(21-35(29)44)30-22-32-28-15-9-10-16-37(28)49(39(32)33-23-31(30)33)43-47-41(25-11-5-3-6-12-25)46-42(48-43)26-13-7-4-8-14-26/h3-22,24H,1-2H3. The molecule has 0 N–H and O–H groups in total. The van der Waals surface area contributed by atoms with Crippen molar-refractivity contribution in [2.75, 3.05) is 0 Å². The summed E-state index contributed by atoms with van der Waals surface area (Å²) in [5, 5.41) is 4.52. The molecule has 0 atom stereocenters. The van der Waals surface area contributed by atoms with Crippen LogP contribution in [0.2, 0.25) is 0 Å². The van der Waals surface area contributed by atoms with Crippen LogP contribution in [-0.2, 0) is 5.41 Å². The van der Waals surface area contributed by atoms with Crippen molar-refractivity contribution < 1.29 is 4.42 Å². The van der Waals surface area contributed by atoms with Crippen molar-refractivity contribution in [2.45, 2.75) is 19.3 Å². The SMILES string of the molecule is CC1(C)c2cc(-c3cc4c5ccccc5n(-c5nc(-c6ccccc6)nc(-c6ccccc6)n5)c4c4c3=C=4)ccc2-c2c1ccc1ncoc21. The highest BCUT2D eigenvalue weighted by molar-refractivity contribution is 6.11. The summed E-state index contributed by atoms with van der Waals surface area (Å²) in [6.45, 7) is 4.60. The molecule has 3 heterocycles. The van der Waals surface area contributed by atoms with Crippen LogP contribution in [0.4, 0.5) is 0 Å². The van der Waals surface area contributed by atoms with Crippen LogP contribution in [0.3, 0.4) is 0 Å². The number of nitrogens with zero attached hydrogens (tertiary/aromatic N) is 5. The molecule has 0 fully saturated rings. The number of fused-ring (bicyclic) bond motifs is 10. The maximum absolute atomic E-state index is 5.91. The first-order valence-corrected chi connectivity index (χ1v) is 16.8. The van der Waals surface area contributed by atoms with Crippen LogP contribution in [0.25, 0.3) is 89.6 Å². The summed E-state index contributed by atoms with van der Waals surface area (Å²) in [6.07, 6.45) is 1.54. The fraction of sp³-hybridized carbons (Fsp3) is 0.0682. The van der Waals surface area contributed by atoms with Crippen LogP contribution in [0, 0.1) is 0 Å². The summed E-state index contributed by atoms with van der Waals surface area (Å²) in [7, 11) is 0. The van der Waals surface area contributed by atoms with E-state index in [0.717, 1.165) is 60.0 Å². The highest BCUT2D eigenvalue weighted by Crippen LogP contribution is 2.52. The Labute approximate surface area is 286 Å². The molecule has 6 nitrogen and oxygen atoms in total. The van der Waals surface area contributed by atoms with E-state index >= 15 is 0 Å². The van der Waals surface area contributed by atoms with Crippen molar-refractivity contribution in [1.82, 2.24) is 24.5 Å². The number of hydrogen-bond acceptors (Lipinski definition) is 5. The van der Waals surface area contributed by atoms with Crippen LogP contribution >= 0.6 is 0 Å². The van der Waals surface area contributed by atoms with Crippen molar-refractivity contribution in [2.24, 2.45) is 0 Å². The molecule has 2 aliphatic rings. The van der Waals surface area contributed by atoms with E-state index in [1.165, 1.54) is 27.8 Å². The molecule has 9 aromatic rings. The van der Waals surface area contributed by atoms with Gasteiger partial charge in [-0.1, -0.05) is 117 Å². The zero-order valence-electron chi connectivity index (χ0n) is 27.3. The summed E-state index contributed by atoms with van der Waals surface area (Å²) in [4.78, 5) is 19.6. The van der Waals surface area contributed by atoms with E-state index in [0.29, 0.717) is 17.6 Å². The molecule has 11 rings (SSSR count). The average molecular weight is 642 g/mol. The number of oxazole rings is 1. The van der Waals surface area contributed by atoms with Crippen molar-refractivity contribution in [3.05, 3.63) is 149 Å². The van der Waals surface area contributed by atoms with Gasteiger partial charge in [0.2, 0.25) is 5.95 Å². The van der Waals surface area contributed by atoms with Crippen molar-refractivity contribution in [3.63, 3.8) is 0 Å². The Kier molecular flexibility index (Phi) is 5.32. The average Bonchev–Trinajstić information content (AvgIpc) is 3.59. The van der Waals surface area contributed by atoms with Crippen LogP contribution in [0.1, 0.15) is 25.0 Å². The molecule has 0 radical (unpaired) electrons. The third-order valence-electron chi connectivity index (χ3n) is 10.5. The predicted molar refractivity (Wildman–Crippen MR) is 197 cm³/mol. The van der Waals surface area contributed by atoms with Gasteiger partial charge in [-0.2, -0.15) is 9.97 Å². The minimum Gasteiger partial charge on any atom is -0.443 e. The molecule has 0 saturated carbocycles. The maximum Gasteiger partial charge on any atom is 0.238 e. The van der Waals surface area contributed by atoms with Crippen LogP contribution < -0.4 is 10.4 Å². The van der Waals surface area contributed by atoms with Gasteiger partial charge in [-0.25, -0.2) is 9.97 Å². The zero-order chi connectivity index (χ0) is 33.1. The molecular formula is C44H27N5O. The third kappa shape index (κ3) is 3.74. The number of aromatic nitrogens is 5. The van der Waals surface area contributed by atoms with E-state index in [2.05, 4.69) is 89.8 Å². The highest BCUT2D eigenvalue weighted by atomic mass is 16.3. The quantitative estimate of drug-likeness (QED) is 0.193. The van der Waals surface area contributed by atoms with Crippen molar-refractivity contribution in [1.29, 1.82) is 0 Å². The monoisotopic (exact) mass is 641 g/mol. The molecule has 2 aliphatic carbocycles. The van der Waals surface area contributed by atoms with Crippen LogP contribution in [0.5, 0.6) is 0 Å². The molecule has 3 aromatic heterocycles. The second-order valence-corrected chi connectivity index (χ2v) is 13.6. The van der Waals surface area contributed by atoms with E-state index in [-0.39, 0.29) is 5.41 Å². The molecule has 0 spiro atoms. The number of hydrogen-bond donors (Lipinski definition) is 0. The molecule has 50 heavy (non-hydrogen) atoms. The normalized spacial score (nSPS) is 13.6. The Morgan fingerprint density at radius 2 is 1.34 bits per heavy atom. The van der Waals surface area contributed by atoms with Gasteiger partial charge in [0.05, 0.1) is 16.3 Å². The first-order chi connectivity index (χ1) is 24.5. The van der Waals surface area contributed by atoms with Crippen molar-refractivity contribution >= 4 is 38.6 Å². The fourth-order valence-corrected chi connectivity index (χ4v) is 7.99. The second kappa shape index (κ2) is 9.73. The summed E-state index contributed by atoms with van der Waals surface area (Å²) >= 11 is 0. The molecule has 0 unspecified atom stereocenters. The predicted octanol–water partition coefficient (Wildman–Crippen LogP) is 8.48. The van der Waals surface area contributed by atoms with Gasteiger partial charge < -0.3 is 4.42 Å². The van der Waals surface area contributed by atoms with Gasteiger partial charge >= 0.3 is 0 Å². The molecule has 6 aromatic carbocycles. The van der Waals surface area contributed by atoms with Gasteiger partial charge in [-0.05, 0) is 52.1 Å². The van der Waals surface area contributed by atoms with Crippen LogP contribution in [0.15, 0.2) is 132 Å². The van der Waals surface area contributed by atoms with Gasteiger partial charge in [0, 0.05) is 38.1 Å². The summed E-state index contributed by atoms with van der Waals surface area (Å²) < 4.78 is 8.10. The van der Waals surface area contributed by atoms with E-state index < -0.39 is 0 Å². The Bertz CT molecular complexity index is 2980. The number of rotatable bonds is 4. The summed E-state index contributed by atoms with van der Waals surface area (Å²) in [5.41, 5.74) is 16.5. The van der Waals surface area contributed by atoms with Gasteiger partial charge in [-0.3, -0.25) is 4.57 Å². The topological polar surface area (TPSA) is 69.6 Å². The maximum atomic E-state index is 5.91. The van der Waals surface area contributed by atoms with Gasteiger partial charge in [0.15, 0.2) is 23.6 Å². The number of para-hydroxylation sites is 1. The Morgan fingerprint density at radius 1 is 0.620 bits per heavy atom. The lowest BCUT2D eigenvalue weighted by Crippen LogP contribution is -2.17. The molecule has 0 bridgehead atoms. The Morgan fingerprint density at radius 3 is 2.10 bits per heavy atom. The zero-order valence-corrected chi connectivity index (χ0v) is 27.3. The molecule has 0 amide bonds. The summed E-state index contributed by atoms with van der Waals surface area (Å²) in [6, 6.07) is 42.2. The minimum atomic E-state index is -0.183. The van der Waals surface area contributed by atoms with E-state index in [1.54, 1.807) is 6.39 Å².